The lowest BCUT2D eigenvalue weighted by atomic mass is 9.87. The number of nitrogens with one attached hydrogen (secondary N) is 1. The number of aryl methyl sites for hydroxylation is 1. The fourth-order valence-corrected chi connectivity index (χ4v) is 4.34. The summed E-state index contributed by atoms with van der Waals surface area (Å²) in [6.45, 7) is 2.00. The van der Waals surface area contributed by atoms with Crippen molar-refractivity contribution in [3.63, 3.8) is 0 Å². The molecule has 7 heteroatoms. The highest BCUT2D eigenvalue weighted by Crippen LogP contribution is 2.39. The fraction of sp³-hybridized carbons (Fsp3) is 0.333. The Hall–Kier alpha value is -2.05. The van der Waals surface area contributed by atoms with Crippen LogP contribution in [0.3, 0.4) is 0 Å². The minimum atomic E-state index is -0.500. The van der Waals surface area contributed by atoms with Crippen molar-refractivity contribution in [3.8, 4) is 5.75 Å². The van der Waals surface area contributed by atoms with Gasteiger partial charge in [-0.05, 0) is 55.0 Å². The zero-order valence-electron chi connectivity index (χ0n) is 13.8. The van der Waals surface area contributed by atoms with Crippen LogP contribution < -0.4 is 15.8 Å². The largest absolute Gasteiger partial charge is 0.484 e. The van der Waals surface area contributed by atoms with Gasteiger partial charge in [-0.2, -0.15) is 0 Å². The maximum Gasteiger partial charge on any atom is 0.262 e. The van der Waals surface area contributed by atoms with Crippen LogP contribution in [0.4, 0.5) is 5.00 Å². The van der Waals surface area contributed by atoms with Gasteiger partial charge >= 0.3 is 0 Å². The molecule has 1 aliphatic carbocycles. The SMILES string of the molecule is C[C@H]1CCc2sc(NC(=O)COc3ccc(Cl)cc3)c(C(N)=O)c2C1. The van der Waals surface area contributed by atoms with Gasteiger partial charge in [-0.3, -0.25) is 9.59 Å². The molecule has 25 heavy (non-hydrogen) atoms. The third-order valence-corrected chi connectivity index (χ3v) is 5.65. The number of hydrogen-bond acceptors (Lipinski definition) is 4. The van der Waals surface area contributed by atoms with E-state index in [1.165, 1.54) is 11.3 Å². The summed E-state index contributed by atoms with van der Waals surface area (Å²) < 4.78 is 5.43. The van der Waals surface area contributed by atoms with Gasteiger partial charge in [0.25, 0.3) is 11.8 Å². The average Bonchev–Trinajstić information content (AvgIpc) is 2.91. The van der Waals surface area contributed by atoms with Crippen LogP contribution in [0.15, 0.2) is 24.3 Å². The second-order valence-corrected chi connectivity index (χ2v) is 7.75. The number of benzene rings is 1. The normalized spacial score (nSPS) is 16.2. The molecule has 3 rings (SSSR count). The minimum absolute atomic E-state index is 0.154. The Morgan fingerprint density at radius 2 is 2.08 bits per heavy atom. The van der Waals surface area contributed by atoms with Crippen molar-refractivity contribution >= 4 is 39.8 Å². The number of hydrogen-bond donors (Lipinski definition) is 2. The molecule has 0 radical (unpaired) electrons. The molecule has 1 aliphatic rings. The first-order chi connectivity index (χ1) is 11.9. The summed E-state index contributed by atoms with van der Waals surface area (Å²) in [6.07, 6.45) is 2.82. The number of halogens is 1. The lowest BCUT2D eigenvalue weighted by Crippen LogP contribution is -2.23. The molecule has 0 saturated carbocycles. The van der Waals surface area contributed by atoms with E-state index in [1.54, 1.807) is 24.3 Å². The lowest BCUT2D eigenvalue weighted by Gasteiger charge is -2.18. The maximum absolute atomic E-state index is 12.2. The third-order valence-electron chi connectivity index (χ3n) is 4.19. The predicted octanol–water partition coefficient (Wildman–Crippen LogP) is 3.64. The number of rotatable bonds is 5. The van der Waals surface area contributed by atoms with Gasteiger partial charge in [0, 0.05) is 9.90 Å². The highest BCUT2D eigenvalue weighted by atomic mass is 35.5. The van der Waals surface area contributed by atoms with Crippen molar-refractivity contribution in [1.82, 2.24) is 0 Å². The molecule has 2 aromatic rings. The molecule has 1 atom stereocenters. The van der Waals surface area contributed by atoms with E-state index in [9.17, 15) is 9.59 Å². The quantitative estimate of drug-likeness (QED) is 0.833. The number of carbonyl (C=O) groups is 2. The van der Waals surface area contributed by atoms with E-state index in [0.29, 0.717) is 27.3 Å². The summed E-state index contributed by atoms with van der Waals surface area (Å²) in [5.74, 6) is 0.232. The Kier molecular flexibility index (Phi) is 5.30. The summed E-state index contributed by atoms with van der Waals surface area (Å²) in [4.78, 5) is 25.2. The van der Waals surface area contributed by atoms with Gasteiger partial charge in [-0.25, -0.2) is 0 Å². The van der Waals surface area contributed by atoms with Crippen molar-refractivity contribution in [2.75, 3.05) is 11.9 Å². The van der Waals surface area contributed by atoms with E-state index < -0.39 is 5.91 Å². The first kappa shape index (κ1) is 17.8. The molecule has 0 fully saturated rings. The molecular weight excluding hydrogens is 360 g/mol. The Labute approximate surface area is 155 Å². The van der Waals surface area contributed by atoms with Crippen LogP contribution in [0.1, 0.15) is 34.1 Å². The molecule has 1 aromatic heterocycles. The average molecular weight is 379 g/mol. The van der Waals surface area contributed by atoms with Crippen molar-refractivity contribution in [3.05, 3.63) is 45.3 Å². The van der Waals surface area contributed by atoms with E-state index in [2.05, 4.69) is 12.2 Å². The van der Waals surface area contributed by atoms with Crippen molar-refractivity contribution < 1.29 is 14.3 Å². The van der Waals surface area contributed by atoms with Crippen molar-refractivity contribution in [2.24, 2.45) is 11.7 Å². The molecule has 5 nitrogen and oxygen atoms in total. The van der Waals surface area contributed by atoms with Crippen LogP contribution in [-0.2, 0) is 17.6 Å². The summed E-state index contributed by atoms with van der Waals surface area (Å²) in [5, 5.41) is 3.90. The van der Waals surface area contributed by atoms with Gasteiger partial charge in [0.1, 0.15) is 10.8 Å². The Morgan fingerprint density at radius 3 is 2.76 bits per heavy atom. The fourth-order valence-electron chi connectivity index (χ4n) is 2.95. The number of ether oxygens (including phenoxy) is 1. The zero-order chi connectivity index (χ0) is 18.0. The topological polar surface area (TPSA) is 81.4 Å². The van der Waals surface area contributed by atoms with Crippen molar-refractivity contribution in [1.29, 1.82) is 0 Å². The van der Waals surface area contributed by atoms with Crippen LogP contribution in [0.25, 0.3) is 0 Å². The molecule has 0 unspecified atom stereocenters. The first-order valence-electron chi connectivity index (χ1n) is 8.06. The van der Waals surface area contributed by atoms with E-state index in [-0.39, 0.29) is 12.5 Å². The molecular formula is C18H19ClN2O3S. The van der Waals surface area contributed by atoms with Gasteiger partial charge in [-0.15, -0.1) is 11.3 Å². The number of fused-ring (bicyclic) bond motifs is 1. The van der Waals surface area contributed by atoms with E-state index in [1.807, 2.05) is 0 Å². The Morgan fingerprint density at radius 1 is 1.36 bits per heavy atom. The monoisotopic (exact) mass is 378 g/mol. The van der Waals surface area contributed by atoms with Crippen molar-refractivity contribution in [2.45, 2.75) is 26.2 Å². The van der Waals surface area contributed by atoms with Crippen LogP contribution in [0, 0.1) is 5.92 Å². The number of thiophene rings is 1. The summed E-state index contributed by atoms with van der Waals surface area (Å²) in [5.41, 5.74) is 7.00. The van der Waals surface area contributed by atoms with E-state index in [4.69, 9.17) is 22.1 Å². The molecule has 0 bridgehead atoms. The molecule has 132 valence electrons. The van der Waals surface area contributed by atoms with Gasteiger partial charge in [-0.1, -0.05) is 18.5 Å². The first-order valence-corrected chi connectivity index (χ1v) is 9.26. The third kappa shape index (κ3) is 4.14. The van der Waals surface area contributed by atoms with Crippen LogP contribution in [0.5, 0.6) is 5.75 Å². The smallest absolute Gasteiger partial charge is 0.262 e. The number of carbonyl (C=O) groups excluding carboxylic acids is 2. The molecule has 0 aliphatic heterocycles. The number of nitrogens with two attached hydrogens (primary N) is 1. The van der Waals surface area contributed by atoms with Crippen LogP contribution >= 0.6 is 22.9 Å². The number of primary amides is 1. The standard InChI is InChI=1S/C18H19ClN2O3S/c1-10-2-7-14-13(8-10)16(17(20)23)18(25-14)21-15(22)9-24-12-5-3-11(19)4-6-12/h3-6,10H,2,7-9H2,1H3,(H2,20,23)(H,21,22)/t10-/m0/s1. The van der Waals surface area contributed by atoms with E-state index >= 15 is 0 Å². The van der Waals surface area contributed by atoms with Crippen LogP contribution in [0.2, 0.25) is 5.02 Å². The second kappa shape index (κ2) is 7.45. The highest BCUT2D eigenvalue weighted by molar-refractivity contribution is 7.17. The number of anilines is 1. The number of amides is 2. The summed E-state index contributed by atoms with van der Waals surface area (Å²) in [7, 11) is 0. The molecule has 3 N–H and O–H groups in total. The van der Waals surface area contributed by atoms with Crippen LogP contribution in [-0.4, -0.2) is 18.4 Å². The molecule has 0 saturated heterocycles. The van der Waals surface area contributed by atoms with Gasteiger partial charge < -0.3 is 15.8 Å². The molecule has 2 amide bonds. The summed E-state index contributed by atoms with van der Waals surface area (Å²) >= 11 is 7.25. The van der Waals surface area contributed by atoms with Gasteiger partial charge in [0.15, 0.2) is 6.61 Å². The van der Waals surface area contributed by atoms with Gasteiger partial charge in [0.05, 0.1) is 5.56 Å². The molecule has 1 aromatic carbocycles. The second-order valence-electron chi connectivity index (χ2n) is 6.21. The minimum Gasteiger partial charge on any atom is -0.484 e. The maximum atomic E-state index is 12.2. The predicted molar refractivity (Wildman–Crippen MR) is 99.6 cm³/mol. The Balaban J connectivity index is 1.70. The molecule has 1 heterocycles. The lowest BCUT2D eigenvalue weighted by molar-refractivity contribution is -0.118. The highest BCUT2D eigenvalue weighted by Gasteiger charge is 2.27. The molecule has 0 spiro atoms. The van der Waals surface area contributed by atoms with Gasteiger partial charge in [0.2, 0.25) is 0 Å². The Bertz CT molecular complexity index is 801. The van der Waals surface area contributed by atoms with E-state index in [0.717, 1.165) is 29.7 Å². The summed E-state index contributed by atoms with van der Waals surface area (Å²) in [6, 6.07) is 6.76. The zero-order valence-corrected chi connectivity index (χ0v) is 15.4.